The first-order valence-corrected chi connectivity index (χ1v) is 6.26. The zero-order chi connectivity index (χ0) is 13.7. The molecule has 2 rings (SSSR count). The molecule has 0 atom stereocenters. The summed E-state index contributed by atoms with van der Waals surface area (Å²) >= 11 is 0. The Hall–Kier alpha value is -2.41. The quantitative estimate of drug-likeness (QED) is 0.839. The molecule has 19 heavy (non-hydrogen) atoms. The Balaban J connectivity index is 2.33. The Morgan fingerprint density at radius 2 is 2.05 bits per heavy atom. The highest BCUT2D eigenvalue weighted by molar-refractivity contribution is 5.57. The lowest BCUT2D eigenvalue weighted by Crippen LogP contribution is -2.24. The van der Waals surface area contributed by atoms with E-state index in [9.17, 15) is 5.26 Å². The third-order valence-corrected chi connectivity index (χ3v) is 3.01. The fourth-order valence-electron chi connectivity index (χ4n) is 1.95. The lowest BCUT2D eigenvalue weighted by atomic mass is 10.1. The molecule has 4 nitrogen and oxygen atoms in total. The topological polar surface area (TPSA) is 52.8 Å². The minimum atomic E-state index is 0.639. The van der Waals surface area contributed by atoms with Crippen molar-refractivity contribution in [3.05, 3.63) is 53.5 Å². The molecule has 0 N–H and O–H groups in total. The number of aryl methyl sites for hydroxylation is 1. The third kappa shape index (κ3) is 2.89. The van der Waals surface area contributed by atoms with Crippen molar-refractivity contribution in [3.63, 3.8) is 0 Å². The van der Waals surface area contributed by atoms with E-state index in [1.807, 2.05) is 38.1 Å². The van der Waals surface area contributed by atoms with E-state index in [-0.39, 0.29) is 0 Å². The van der Waals surface area contributed by atoms with Crippen LogP contribution in [0.4, 0.5) is 5.82 Å². The van der Waals surface area contributed by atoms with E-state index < -0.39 is 0 Å². The van der Waals surface area contributed by atoms with E-state index in [1.165, 1.54) is 0 Å². The number of nitrogens with zero attached hydrogens (tertiary/aromatic N) is 4. The Kier molecular flexibility index (Phi) is 4.09. The third-order valence-electron chi connectivity index (χ3n) is 3.01. The number of anilines is 1. The molecule has 2 heterocycles. The van der Waals surface area contributed by atoms with Gasteiger partial charge < -0.3 is 4.90 Å². The van der Waals surface area contributed by atoms with Gasteiger partial charge in [-0.05, 0) is 37.6 Å². The predicted molar refractivity (Wildman–Crippen MR) is 74.7 cm³/mol. The average Bonchev–Trinajstić information content (AvgIpc) is 2.45. The van der Waals surface area contributed by atoms with Crippen molar-refractivity contribution >= 4 is 5.82 Å². The van der Waals surface area contributed by atoms with Crippen molar-refractivity contribution in [1.82, 2.24) is 9.97 Å². The van der Waals surface area contributed by atoms with Gasteiger partial charge in [-0.15, -0.1) is 0 Å². The number of hydrogen-bond acceptors (Lipinski definition) is 4. The molecule has 4 heteroatoms. The van der Waals surface area contributed by atoms with Crippen LogP contribution in [0.25, 0.3) is 0 Å². The van der Waals surface area contributed by atoms with Gasteiger partial charge in [0.15, 0.2) is 0 Å². The highest BCUT2D eigenvalue weighted by atomic mass is 15.2. The standard InChI is InChI=1S/C15H16N4/c1-3-19(11-13-6-4-5-8-17-13)15-14(10-16)12(2)7-9-18-15/h4-9H,3,11H2,1-2H3. The SMILES string of the molecule is CCN(Cc1ccccn1)c1nccc(C)c1C#N. The zero-order valence-electron chi connectivity index (χ0n) is 11.2. The second-order valence-electron chi connectivity index (χ2n) is 4.27. The van der Waals surface area contributed by atoms with Crippen molar-refractivity contribution in [2.24, 2.45) is 0 Å². The molecule has 0 aliphatic heterocycles. The van der Waals surface area contributed by atoms with Gasteiger partial charge in [0.1, 0.15) is 11.9 Å². The highest BCUT2D eigenvalue weighted by Crippen LogP contribution is 2.21. The van der Waals surface area contributed by atoms with Crippen LogP contribution in [-0.4, -0.2) is 16.5 Å². The maximum absolute atomic E-state index is 9.28. The zero-order valence-corrected chi connectivity index (χ0v) is 11.2. The molecule has 0 aliphatic carbocycles. The first kappa shape index (κ1) is 13.0. The van der Waals surface area contributed by atoms with Crippen molar-refractivity contribution in [2.75, 3.05) is 11.4 Å². The Bertz CT molecular complexity index is 587. The summed E-state index contributed by atoms with van der Waals surface area (Å²) in [6.45, 7) is 5.41. The number of hydrogen-bond donors (Lipinski definition) is 0. The van der Waals surface area contributed by atoms with E-state index >= 15 is 0 Å². The maximum atomic E-state index is 9.28. The Labute approximate surface area is 113 Å². The summed E-state index contributed by atoms with van der Waals surface area (Å²) in [5, 5.41) is 9.28. The van der Waals surface area contributed by atoms with Crippen molar-refractivity contribution < 1.29 is 0 Å². The van der Waals surface area contributed by atoms with Crippen LogP contribution in [0.5, 0.6) is 0 Å². The van der Waals surface area contributed by atoms with Gasteiger partial charge >= 0.3 is 0 Å². The Morgan fingerprint density at radius 3 is 2.68 bits per heavy atom. The predicted octanol–water partition coefficient (Wildman–Crippen LogP) is 2.68. The molecule has 0 bridgehead atoms. The van der Waals surface area contributed by atoms with Gasteiger partial charge in [-0.1, -0.05) is 6.07 Å². The summed E-state index contributed by atoms with van der Waals surface area (Å²) in [6.07, 6.45) is 3.52. The molecule has 0 aliphatic rings. The van der Waals surface area contributed by atoms with Crippen LogP contribution in [0.3, 0.4) is 0 Å². The molecular formula is C15H16N4. The molecule has 0 unspecified atom stereocenters. The molecule has 96 valence electrons. The van der Waals surface area contributed by atoms with Gasteiger partial charge in [0.2, 0.25) is 0 Å². The van der Waals surface area contributed by atoms with E-state index in [0.717, 1.165) is 23.6 Å². The van der Waals surface area contributed by atoms with E-state index in [2.05, 4.69) is 20.9 Å². The summed E-state index contributed by atoms with van der Waals surface area (Å²) in [4.78, 5) is 10.7. The second kappa shape index (κ2) is 5.96. The lowest BCUT2D eigenvalue weighted by molar-refractivity contribution is 0.791. The Morgan fingerprint density at radius 1 is 1.21 bits per heavy atom. The van der Waals surface area contributed by atoms with Crippen LogP contribution in [0.1, 0.15) is 23.7 Å². The summed E-state index contributed by atoms with van der Waals surface area (Å²) < 4.78 is 0. The van der Waals surface area contributed by atoms with Gasteiger partial charge in [-0.3, -0.25) is 4.98 Å². The van der Waals surface area contributed by atoms with Crippen molar-refractivity contribution in [3.8, 4) is 6.07 Å². The maximum Gasteiger partial charge on any atom is 0.147 e. The fraction of sp³-hybridized carbons (Fsp3) is 0.267. The molecule has 0 spiro atoms. The molecule has 0 radical (unpaired) electrons. The van der Waals surface area contributed by atoms with Crippen molar-refractivity contribution in [1.29, 1.82) is 5.26 Å². The molecule has 0 fully saturated rings. The van der Waals surface area contributed by atoms with Crippen molar-refractivity contribution in [2.45, 2.75) is 20.4 Å². The minimum Gasteiger partial charge on any atom is -0.350 e. The average molecular weight is 252 g/mol. The van der Waals surface area contributed by atoms with Gasteiger partial charge in [0, 0.05) is 18.9 Å². The number of nitriles is 1. The van der Waals surface area contributed by atoms with E-state index in [0.29, 0.717) is 12.1 Å². The molecule has 0 amide bonds. The summed E-state index contributed by atoms with van der Waals surface area (Å²) in [5.74, 6) is 0.732. The first-order chi connectivity index (χ1) is 9.26. The number of rotatable bonds is 4. The van der Waals surface area contributed by atoms with Crippen LogP contribution in [0.15, 0.2) is 36.7 Å². The largest absolute Gasteiger partial charge is 0.350 e. The van der Waals surface area contributed by atoms with Crippen LogP contribution in [0.2, 0.25) is 0 Å². The molecule has 0 aromatic carbocycles. The first-order valence-electron chi connectivity index (χ1n) is 6.26. The van der Waals surface area contributed by atoms with Gasteiger partial charge in [-0.2, -0.15) is 5.26 Å². The molecule has 2 aromatic rings. The molecule has 0 saturated carbocycles. The van der Waals surface area contributed by atoms with Crippen LogP contribution >= 0.6 is 0 Å². The summed E-state index contributed by atoms with van der Waals surface area (Å²) in [5.41, 5.74) is 2.56. The highest BCUT2D eigenvalue weighted by Gasteiger charge is 2.13. The van der Waals surface area contributed by atoms with Gasteiger partial charge in [-0.25, -0.2) is 4.98 Å². The van der Waals surface area contributed by atoms with Crippen LogP contribution < -0.4 is 4.90 Å². The van der Waals surface area contributed by atoms with E-state index in [1.54, 1.807) is 12.4 Å². The number of pyridine rings is 2. The van der Waals surface area contributed by atoms with Crippen LogP contribution in [0, 0.1) is 18.3 Å². The minimum absolute atomic E-state index is 0.639. The summed E-state index contributed by atoms with van der Waals surface area (Å²) in [6, 6.07) is 9.93. The molecular weight excluding hydrogens is 236 g/mol. The molecule has 2 aromatic heterocycles. The number of aromatic nitrogens is 2. The van der Waals surface area contributed by atoms with Gasteiger partial charge in [0.25, 0.3) is 0 Å². The normalized spacial score (nSPS) is 9.95. The second-order valence-corrected chi connectivity index (χ2v) is 4.27. The monoisotopic (exact) mass is 252 g/mol. The smallest absolute Gasteiger partial charge is 0.147 e. The van der Waals surface area contributed by atoms with Gasteiger partial charge in [0.05, 0.1) is 17.8 Å². The van der Waals surface area contributed by atoms with E-state index in [4.69, 9.17) is 0 Å². The molecule has 0 saturated heterocycles. The summed E-state index contributed by atoms with van der Waals surface area (Å²) in [7, 11) is 0. The fourth-order valence-corrected chi connectivity index (χ4v) is 1.95. The lowest BCUT2D eigenvalue weighted by Gasteiger charge is -2.23. The van der Waals surface area contributed by atoms with Crippen LogP contribution in [-0.2, 0) is 6.54 Å².